The summed E-state index contributed by atoms with van der Waals surface area (Å²) in [5.74, 6) is -0.146. The molecule has 0 saturated carbocycles. The van der Waals surface area contributed by atoms with Crippen molar-refractivity contribution in [3.63, 3.8) is 0 Å². The van der Waals surface area contributed by atoms with Crippen molar-refractivity contribution < 1.29 is 14.6 Å². The summed E-state index contributed by atoms with van der Waals surface area (Å²) < 4.78 is 5.03. The molecule has 1 atom stereocenters. The highest BCUT2D eigenvalue weighted by molar-refractivity contribution is 5.80. The SMILES string of the molecule is COc1ccc(C(C)(CCN)C(=O)O)cc1. The summed E-state index contributed by atoms with van der Waals surface area (Å²) in [4.78, 5) is 11.3. The molecule has 0 spiro atoms. The van der Waals surface area contributed by atoms with Gasteiger partial charge in [-0.15, -0.1) is 0 Å². The monoisotopic (exact) mass is 223 g/mol. The summed E-state index contributed by atoms with van der Waals surface area (Å²) in [5.41, 5.74) is 5.27. The lowest BCUT2D eigenvalue weighted by Crippen LogP contribution is -2.34. The van der Waals surface area contributed by atoms with Crippen LogP contribution in [0.2, 0.25) is 0 Å². The first-order chi connectivity index (χ1) is 7.54. The third-order valence-electron chi connectivity index (χ3n) is 2.84. The van der Waals surface area contributed by atoms with Gasteiger partial charge in [0.1, 0.15) is 5.75 Å². The normalized spacial score (nSPS) is 14.2. The van der Waals surface area contributed by atoms with Crippen LogP contribution >= 0.6 is 0 Å². The highest BCUT2D eigenvalue weighted by Crippen LogP contribution is 2.28. The van der Waals surface area contributed by atoms with Gasteiger partial charge in [0.15, 0.2) is 0 Å². The van der Waals surface area contributed by atoms with Crippen molar-refractivity contribution in [2.45, 2.75) is 18.8 Å². The second kappa shape index (κ2) is 4.99. The van der Waals surface area contributed by atoms with E-state index < -0.39 is 11.4 Å². The Hall–Kier alpha value is -1.55. The number of methoxy groups -OCH3 is 1. The number of nitrogens with two attached hydrogens (primary N) is 1. The molecule has 0 aromatic heterocycles. The predicted molar refractivity (Wildman–Crippen MR) is 61.7 cm³/mol. The van der Waals surface area contributed by atoms with E-state index in [9.17, 15) is 9.90 Å². The minimum Gasteiger partial charge on any atom is -0.497 e. The summed E-state index contributed by atoms with van der Waals surface area (Å²) in [5, 5.41) is 9.26. The molecule has 88 valence electrons. The molecule has 3 N–H and O–H groups in total. The van der Waals surface area contributed by atoms with Gasteiger partial charge >= 0.3 is 5.97 Å². The fourth-order valence-corrected chi connectivity index (χ4v) is 1.62. The van der Waals surface area contributed by atoms with E-state index in [-0.39, 0.29) is 0 Å². The number of carbonyl (C=O) groups is 1. The Bertz CT molecular complexity index is 361. The lowest BCUT2D eigenvalue weighted by molar-refractivity contribution is -0.143. The number of carboxylic acids is 1. The topological polar surface area (TPSA) is 72.5 Å². The molecule has 0 aliphatic rings. The van der Waals surface area contributed by atoms with E-state index in [0.29, 0.717) is 18.7 Å². The summed E-state index contributed by atoms with van der Waals surface area (Å²) in [6.45, 7) is 2.03. The van der Waals surface area contributed by atoms with Crippen LogP contribution in [0.25, 0.3) is 0 Å². The van der Waals surface area contributed by atoms with Crippen LogP contribution in [0.15, 0.2) is 24.3 Å². The molecule has 16 heavy (non-hydrogen) atoms. The maximum atomic E-state index is 11.3. The summed E-state index contributed by atoms with van der Waals surface area (Å²) in [6, 6.07) is 7.05. The van der Waals surface area contributed by atoms with E-state index >= 15 is 0 Å². The molecule has 0 heterocycles. The van der Waals surface area contributed by atoms with E-state index in [4.69, 9.17) is 10.5 Å². The molecule has 1 aromatic carbocycles. The number of carboxylic acid groups (broad SMARTS) is 1. The van der Waals surface area contributed by atoms with E-state index in [1.165, 1.54) is 0 Å². The van der Waals surface area contributed by atoms with Gasteiger partial charge < -0.3 is 15.6 Å². The van der Waals surface area contributed by atoms with Crippen molar-refractivity contribution in [2.24, 2.45) is 5.73 Å². The molecule has 4 nitrogen and oxygen atoms in total. The van der Waals surface area contributed by atoms with E-state index in [2.05, 4.69) is 0 Å². The van der Waals surface area contributed by atoms with E-state index in [1.807, 2.05) is 0 Å². The zero-order valence-electron chi connectivity index (χ0n) is 9.56. The van der Waals surface area contributed by atoms with Crippen LogP contribution in [0.3, 0.4) is 0 Å². The van der Waals surface area contributed by atoms with Gasteiger partial charge in [0.25, 0.3) is 0 Å². The van der Waals surface area contributed by atoms with Crippen LogP contribution < -0.4 is 10.5 Å². The van der Waals surface area contributed by atoms with Crippen LogP contribution in [0.1, 0.15) is 18.9 Å². The standard InChI is InChI=1S/C12H17NO3/c1-12(7-8-13,11(14)15)9-3-5-10(16-2)6-4-9/h3-6H,7-8,13H2,1-2H3,(H,14,15). The summed E-state index contributed by atoms with van der Waals surface area (Å²) in [7, 11) is 1.57. The number of aliphatic carboxylic acids is 1. The average molecular weight is 223 g/mol. The first-order valence-electron chi connectivity index (χ1n) is 5.12. The van der Waals surface area contributed by atoms with Gasteiger partial charge in [0.05, 0.1) is 12.5 Å². The van der Waals surface area contributed by atoms with Gasteiger partial charge in [0.2, 0.25) is 0 Å². The molecular weight excluding hydrogens is 206 g/mol. The van der Waals surface area contributed by atoms with Gasteiger partial charge in [-0.1, -0.05) is 12.1 Å². The molecule has 0 aliphatic carbocycles. The predicted octanol–water partition coefficient (Wildman–Crippen LogP) is 1.39. The number of benzene rings is 1. The van der Waals surface area contributed by atoms with Crippen LogP contribution in [0.5, 0.6) is 5.75 Å². The van der Waals surface area contributed by atoms with Crippen molar-refractivity contribution in [1.82, 2.24) is 0 Å². The minimum atomic E-state index is -0.930. The molecule has 0 radical (unpaired) electrons. The fraction of sp³-hybridized carbons (Fsp3) is 0.417. The molecular formula is C12H17NO3. The van der Waals surface area contributed by atoms with Gasteiger partial charge in [-0.2, -0.15) is 0 Å². The zero-order chi connectivity index (χ0) is 12.2. The number of hydrogen-bond donors (Lipinski definition) is 2. The minimum absolute atomic E-state index is 0.342. The van der Waals surface area contributed by atoms with Gasteiger partial charge in [-0.05, 0) is 37.6 Å². The molecule has 0 aliphatic heterocycles. The van der Waals surface area contributed by atoms with Crippen molar-refractivity contribution >= 4 is 5.97 Å². The maximum Gasteiger partial charge on any atom is 0.313 e. The third kappa shape index (κ3) is 2.33. The van der Waals surface area contributed by atoms with Crippen molar-refractivity contribution in [3.8, 4) is 5.75 Å². The Labute approximate surface area is 95.0 Å². The van der Waals surface area contributed by atoms with E-state index in [0.717, 1.165) is 5.56 Å². The van der Waals surface area contributed by atoms with Crippen LogP contribution in [-0.2, 0) is 10.2 Å². The Morgan fingerprint density at radius 2 is 2.00 bits per heavy atom. The Balaban J connectivity index is 3.06. The molecule has 0 amide bonds. The van der Waals surface area contributed by atoms with Gasteiger partial charge in [-0.3, -0.25) is 4.79 Å². The van der Waals surface area contributed by atoms with Crippen LogP contribution in [-0.4, -0.2) is 24.7 Å². The molecule has 0 saturated heterocycles. The first kappa shape index (κ1) is 12.5. The molecule has 1 aromatic rings. The lowest BCUT2D eigenvalue weighted by atomic mass is 9.79. The second-order valence-corrected chi connectivity index (χ2v) is 3.90. The molecule has 0 bridgehead atoms. The molecule has 1 rings (SSSR count). The maximum absolute atomic E-state index is 11.3. The van der Waals surface area contributed by atoms with Crippen LogP contribution in [0.4, 0.5) is 0 Å². The van der Waals surface area contributed by atoms with Crippen molar-refractivity contribution in [2.75, 3.05) is 13.7 Å². The summed E-state index contributed by atoms with van der Waals surface area (Å²) in [6.07, 6.45) is 0.411. The average Bonchev–Trinajstić information content (AvgIpc) is 2.29. The fourth-order valence-electron chi connectivity index (χ4n) is 1.62. The lowest BCUT2D eigenvalue weighted by Gasteiger charge is -2.24. The third-order valence-corrected chi connectivity index (χ3v) is 2.84. The zero-order valence-corrected chi connectivity index (χ0v) is 9.56. The Kier molecular flexibility index (Phi) is 3.90. The first-order valence-corrected chi connectivity index (χ1v) is 5.12. The Morgan fingerprint density at radius 1 is 1.44 bits per heavy atom. The molecule has 4 heteroatoms. The number of ether oxygens (including phenoxy) is 1. The second-order valence-electron chi connectivity index (χ2n) is 3.90. The number of hydrogen-bond acceptors (Lipinski definition) is 3. The molecule has 0 fully saturated rings. The van der Waals surface area contributed by atoms with Crippen molar-refractivity contribution in [1.29, 1.82) is 0 Å². The molecule has 1 unspecified atom stereocenters. The van der Waals surface area contributed by atoms with E-state index in [1.54, 1.807) is 38.3 Å². The highest BCUT2D eigenvalue weighted by atomic mass is 16.5. The largest absolute Gasteiger partial charge is 0.497 e. The highest BCUT2D eigenvalue weighted by Gasteiger charge is 2.34. The van der Waals surface area contributed by atoms with Gasteiger partial charge in [0, 0.05) is 0 Å². The summed E-state index contributed by atoms with van der Waals surface area (Å²) >= 11 is 0. The smallest absolute Gasteiger partial charge is 0.313 e. The quantitative estimate of drug-likeness (QED) is 0.791. The van der Waals surface area contributed by atoms with Crippen molar-refractivity contribution in [3.05, 3.63) is 29.8 Å². The van der Waals surface area contributed by atoms with Gasteiger partial charge in [-0.25, -0.2) is 0 Å². The van der Waals surface area contributed by atoms with Crippen LogP contribution in [0, 0.1) is 0 Å². The Morgan fingerprint density at radius 3 is 2.38 bits per heavy atom. The number of rotatable bonds is 5.